The van der Waals surface area contributed by atoms with Crippen LogP contribution in [0.1, 0.15) is 0 Å². The third-order valence-corrected chi connectivity index (χ3v) is 4.11. The van der Waals surface area contributed by atoms with E-state index in [1.807, 2.05) is 12.1 Å². The second kappa shape index (κ2) is 8.00. The van der Waals surface area contributed by atoms with E-state index in [4.69, 9.17) is 20.8 Å². The van der Waals surface area contributed by atoms with Crippen molar-refractivity contribution in [2.45, 2.75) is 5.22 Å². The fourth-order valence-electron chi connectivity index (χ4n) is 1.87. The molecular weight excluding hydrogens is 364 g/mol. The quantitative estimate of drug-likeness (QED) is 0.658. The lowest BCUT2D eigenvalue weighted by Gasteiger charge is -2.02. The van der Waals surface area contributed by atoms with Crippen LogP contribution in [0, 0.1) is 0 Å². The molecule has 0 spiro atoms. The lowest BCUT2D eigenvalue weighted by Crippen LogP contribution is -2.14. The highest BCUT2D eigenvalue weighted by atomic mass is 35.5. The van der Waals surface area contributed by atoms with Gasteiger partial charge in [-0.3, -0.25) is 4.79 Å². The maximum absolute atomic E-state index is 11.9. The Bertz CT molecular complexity index is 853. The highest BCUT2D eigenvalue weighted by Crippen LogP contribution is 2.24. The molecule has 2 aromatic heterocycles. The topological polar surface area (TPSA) is 90.1 Å². The summed E-state index contributed by atoms with van der Waals surface area (Å²) in [5, 5.41) is 11.4. The number of benzene rings is 1. The second-order valence-electron chi connectivity index (χ2n) is 4.80. The number of hydrogen-bond donors (Lipinski definition) is 1. The highest BCUT2D eigenvalue weighted by molar-refractivity contribution is 7.99. The zero-order valence-corrected chi connectivity index (χ0v) is 14.7. The summed E-state index contributed by atoms with van der Waals surface area (Å²) in [7, 11) is 1.60. The van der Waals surface area contributed by atoms with E-state index in [-0.39, 0.29) is 11.7 Å². The van der Waals surface area contributed by atoms with E-state index >= 15 is 0 Å². The van der Waals surface area contributed by atoms with Gasteiger partial charge in [0, 0.05) is 11.8 Å². The van der Waals surface area contributed by atoms with E-state index in [2.05, 4.69) is 20.5 Å². The van der Waals surface area contributed by atoms with Gasteiger partial charge in [0.15, 0.2) is 0 Å². The molecule has 1 amide bonds. The average Bonchev–Trinajstić information content (AvgIpc) is 3.11. The fourth-order valence-corrected chi connectivity index (χ4v) is 2.55. The Morgan fingerprint density at radius 1 is 1.24 bits per heavy atom. The number of nitrogens with one attached hydrogen (secondary N) is 1. The molecule has 1 aromatic carbocycles. The first kappa shape index (κ1) is 17.2. The van der Waals surface area contributed by atoms with E-state index in [0.717, 1.165) is 23.1 Å². The molecule has 25 heavy (non-hydrogen) atoms. The van der Waals surface area contributed by atoms with Crippen molar-refractivity contribution in [1.29, 1.82) is 0 Å². The van der Waals surface area contributed by atoms with Crippen LogP contribution in [0.4, 0.5) is 5.82 Å². The maximum atomic E-state index is 11.9. The van der Waals surface area contributed by atoms with Crippen molar-refractivity contribution in [3.8, 4) is 17.2 Å². The monoisotopic (exact) mass is 376 g/mol. The van der Waals surface area contributed by atoms with Crippen molar-refractivity contribution in [3.63, 3.8) is 0 Å². The molecule has 7 nitrogen and oxygen atoms in total. The molecule has 128 valence electrons. The van der Waals surface area contributed by atoms with Gasteiger partial charge < -0.3 is 14.5 Å². The van der Waals surface area contributed by atoms with Gasteiger partial charge in [-0.15, -0.1) is 10.2 Å². The molecule has 0 aliphatic rings. The molecule has 0 fully saturated rings. The van der Waals surface area contributed by atoms with Crippen molar-refractivity contribution < 1.29 is 13.9 Å². The van der Waals surface area contributed by atoms with Crippen LogP contribution >= 0.6 is 23.4 Å². The van der Waals surface area contributed by atoms with Crippen LogP contribution in [0.15, 0.2) is 52.2 Å². The first-order valence-corrected chi connectivity index (χ1v) is 8.52. The summed E-state index contributed by atoms with van der Waals surface area (Å²) in [6.45, 7) is 0. The molecule has 0 aliphatic heterocycles. The Kier molecular flexibility index (Phi) is 5.52. The Labute approximate surface area is 152 Å². The minimum Gasteiger partial charge on any atom is -0.497 e. The van der Waals surface area contributed by atoms with Gasteiger partial charge in [0.2, 0.25) is 11.8 Å². The molecule has 0 bridgehead atoms. The number of rotatable bonds is 6. The third-order valence-electron chi connectivity index (χ3n) is 3.07. The van der Waals surface area contributed by atoms with Gasteiger partial charge in [-0.1, -0.05) is 23.4 Å². The number of hydrogen-bond acceptors (Lipinski definition) is 7. The smallest absolute Gasteiger partial charge is 0.277 e. The minimum absolute atomic E-state index is 0.120. The molecule has 0 atom stereocenters. The van der Waals surface area contributed by atoms with Crippen LogP contribution < -0.4 is 10.1 Å². The predicted molar refractivity (Wildman–Crippen MR) is 94.9 cm³/mol. The largest absolute Gasteiger partial charge is 0.497 e. The SMILES string of the molecule is COc1ccc(-c2nnc(SCC(=O)Nc3ccc(Cl)cn3)o2)cc1. The van der Waals surface area contributed by atoms with Gasteiger partial charge in [-0.25, -0.2) is 4.98 Å². The van der Waals surface area contributed by atoms with Crippen LogP contribution in [-0.4, -0.2) is 34.0 Å². The summed E-state index contributed by atoms with van der Waals surface area (Å²) in [6.07, 6.45) is 1.46. The number of nitrogens with zero attached hydrogens (tertiary/aromatic N) is 3. The normalized spacial score (nSPS) is 10.5. The van der Waals surface area contributed by atoms with Gasteiger partial charge >= 0.3 is 0 Å². The molecule has 1 N–H and O–H groups in total. The summed E-state index contributed by atoms with van der Waals surface area (Å²) < 4.78 is 10.6. The summed E-state index contributed by atoms with van der Waals surface area (Å²) in [5.74, 6) is 1.44. The number of thioether (sulfide) groups is 1. The van der Waals surface area contributed by atoms with Crippen LogP contribution in [0.5, 0.6) is 5.75 Å². The zero-order valence-electron chi connectivity index (χ0n) is 13.1. The first-order chi connectivity index (χ1) is 12.1. The number of methoxy groups -OCH3 is 1. The van der Waals surface area contributed by atoms with Crippen molar-refractivity contribution >= 4 is 35.1 Å². The molecule has 3 rings (SSSR count). The Balaban J connectivity index is 1.55. The van der Waals surface area contributed by atoms with E-state index in [0.29, 0.717) is 22.0 Å². The molecule has 0 radical (unpaired) electrons. The number of carbonyl (C=O) groups excluding carboxylic acids is 1. The van der Waals surface area contributed by atoms with Gasteiger partial charge in [-0.2, -0.15) is 0 Å². The van der Waals surface area contributed by atoms with E-state index in [1.54, 1.807) is 31.4 Å². The molecule has 2 heterocycles. The number of carbonyl (C=O) groups is 1. The average molecular weight is 377 g/mol. The standard InChI is InChI=1S/C16H13ClN4O3S/c1-23-12-5-2-10(3-6-12)15-20-21-16(24-15)25-9-14(22)19-13-7-4-11(17)8-18-13/h2-8H,9H2,1H3,(H,18,19,22). The van der Waals surface area contributed by atoms with Crippen LogP contribution in [0.3, 0.4) is 0 Å². The summed E-state index contributed by atoms with van der Waals surface area (Å²) in [4.78, 5) is 15.9. The Morgan fingerprint density at radius 2 is 2.04 bits per heavy atom. The van der Waals surface area contributed by atoms with Crippen LogP contribution in [-0.2, 0) is 4.79 Å². The Hall–Kier alpha value is -2.58. The molecular formula is C16H13ClN4O3S. The van der Waals surface area contributed by atoms with Gasteiger partial charge in [0.25, 0.3) is 5.22 Å². The lowest BCUT2D eigenvalue weighted by molar-refractivity contribution is -0.113. The van der Waals surface area contributed by atoms with Gasteiger partial charge in [-0.05, 0) is 36.4 Å². The molecule has 0 aliphatic carbocycles. The number of pyridine rings is 1. The van der Waals surface area contributed by atoms with Crippen molar-refractivity contribution in [2.75, 3.05) is 18.2 Å². The first-order valence-electron chi connectivity index (χ1n) is 7.16. The van der Waals surface area contributed by atoms with Gasteiger partial charge in [0.1, 0.15) is 11.6 Å². The maximum Gasteiger partial charge on any atom is 0.277 e. The molecule has 0 saturated heterocycles. The molecule has 9 heteroatoms. The minimum atomic E-state index is -0.232. The number of halogens is 1. The zero-order chi connectivity index (χ0) is 17.6. The van der Waals surface area contributed by atoms with Gasteiger partial charge in [0.05, 0.1) is 17.9 Å². The van der Waals surface area contributed by atoms with E-state index < -0.39 is 0 Å². The second-order valence-corrected chi connectivity index (χ2v) is 6.16. The number of amides is 1. The van der Waals surface area contributed by atoms with E-state index in [1.165, 1.54) is 6.20 Å². The summed E-state index contributed by atoms with van der Waals surface area (Å²) >= 11 is 6.89. The van der Waals surface area contributed by atoms with E-state index in [9.17, 15) is 4.79 Å². The van der Waals surface area contributed by atoms with Crippen molar-refractivity contribution in [1.82, 2.24) is 15.2 Å². The highest BCUT2D eigenvalue weighted by Gasteiger charge is 2.12. The number of anilines is 1. The lowest BCUT2D eigenvalue weighted by atomic mass is 10.2. The Morgan fingerprint density at radius 3 is 2.72 bits per heavy atom. The molecule has 0 saturated carbocycles. The summed E-state index contributed by atoms with van der Waals surface area (Å²) in [5.41, 5.74) is 0.773. The third kappa shape index (κ3) is 4.71. The number of aromatic nitrogens is 3. The van der Waals surface area contributed by atoms with Crippen molar-refractivity contribution in [3.05, 3.63) is 47.6 Å². The van der Waals surface area contributed by atoms with Crippen LogP contribution in [0.2, 0.25) is 5.02 Å². The fraction of sp³-hybridized carbons (Fsp3) is 0.125. The predicted octanol–water partition coefficient (Wildman–Crippen LogP) is 3.52. The number of ether oxygens (including phenoxy) is 1. The van der Waals surface area contributed by atoms with Crippen molar-refractivity contribution in [2.24, 2.45) is 0 Å². The summed E-state index contributed by atoms with van der Waals surface area (Å²) in [6, 6.07) is 10.5. The molecule has 0 unspecified atom stereocenters. The van der Waals surface area contributed by atoms with Crippen LogP contribution in [0.25, 0.3) is 11.5 Å². The molecule has 3 aromatic rings.